The molecule has 24 heavy (non-hydrogen) atoms. The number of nitrogens with zero attached hydrogens (tertiary/aromatic N) is 1. The zero-order valence-corrected chi connectivity index (χ0v) is 17.7. The Hall–Kier alpha value is -1.89. The van der Waals surface area contributed by atoms with Crippen LogP contribution in [0.15, 0.2) is 65.6 Å². The van der Waals surface area contributed by atoms with Crippen molar-refractivity contribution in [2.24, 2.45) is 4.99 Å². The van der Waals surface area contributed by atoms with Crippen molar-refractivity contribution in [2.75, 3.05) is 0 Å². The van der Waals surface area contributed by atoms with Crippen LogP contribution < -0.4 is 0 Å². The third kappa shape index (κ3) is 20.1. The standard InChI is InChI=1S/C13H11N.5C2H6/c1-3-7-12(8-4-1)11-14-13-9-5-2-6-10-13;5*1-2/h1-11H;5*1-2H3/i2D;;;;;. The molecule has 138 valence electrons. The van der Waals surface area contributed by atoms with Gasteiger partial charge in [-0.05, 0) is 17.7 Å². The smallest absolute Gasteiger partial charge is 0.0629 e. The van der Waals surface area contributed by atoms with Crippen LogP contribution in [-0.2, 0) is 0 Å². The van der Waals surface area contributed by atoms with E-state index in [2.05, 4.69) is 4.99 Å². The SMILES string of the molecule is CC.CC.CC.CC.CC.[2H]c1ccc(N=Cc2ccccc2)cc1. The topological polar surface area (TPSA) is 12.4 Å². The molecule has 0 bridgehead atoms. The minimum atomic E-state index is 0.508. The first-order valence-corrected chi connectivity index (χ1v) is 9.50. The molecule has 0 atom stereocenters. The van der Waals surface area contributed by atoms with Crippen LogP contribution in [0.2, 0.25) is 0 Å². The fraction of sp³-hybridized carbons (Fsp3) is 0.435. The van der Waals surface area contributed by atoms with Gasteiger partial charge in [-0.2, -0.15) is 0 Å². The van der Waals surface area contributed by atoms with Gasteiger partial charge in [0.2, 0.25) is 0 Å². The lowest BCUT2D eigenvalue weighted by molar-refractivity contribution is 1.50. The van der Waals surface area contributed by atoms with E-state index in [0.717, 1.165) is 11.3 Å². The number of para-hydroxylation sites is 1. The summed E-state index contributed by atoms with van der Waals surface area (Å²) in [7, 11) is 0. The van der Waals surface area contributed by atoms with Gasteiger partial charge in [0.25, 0.3) is 0 Å². The van der Waals surface area contributed by atoms with Gasteiger partial charge in [0.05, 0.1) is 7.06 Å². The normalized spacial score (nSPS) is 8.00. The van der Waals surface area contributed by atoms with E-state index in [4.69, 9.17) is 1.37 Å². The second-order valence-corrected chi connectivity index (χ2v) is 2.93. The Morgan fingerprint density at radius 1 is 0.625 bits per heavy atom. The molecule has 0 amide bonds. The molecule has 0 fully saturated rings. The van der Waals surface area contributed by atoms with Crippen molar-refractivity contribution in [3.05, 3.63) is 66.2 Å². The van der Waals surface area contributed by atoms with Gasteiger partial charge in [-0.25, -0.2) is 0 Å². The average molecular weight is 333 g/mol. The van der Waals surface area contributed by atoms with Gasteiger partial charge in [0, 0.05) is 6.21 Å². The number of hydrogen-bond donors (Lipinski definition) is 0. The summed E-state index contributed by atoms with van der Waals surface area (Å²) >= 11 is 0. The lowest BCUT2D eigenvalue weighted by Crippen LogP contribution is -1.77. The van der Waals surface area contributed by atoms with Crippen LogP contribution in [0.1, 0.15) is 76.2 Å². The summed E-state index contributed by atoms with van der Waals surface area (Å²) in [4.78, 5) is 4.31. The van der Waals surface area contributed by atoms with Gasteiger partial charge in [-0.15, -0.1) is 0 Å². The minimum absolute atomic E-state index is 0.508. The van der Waals surface area contributed by atoms with Crippen molar-refractivity contribution in [1.29, 1.82) is 0 Å². The Morgan fingerprint density at radius 2 is 1.04 bits per heavy atom. The van der Waals surface area contributed by atoms with E-state index < -0.39 is 0 Å². The monoisotopic (exact) mass is 332 g/mol. The Balaban J connectivity index is -0.000000191. The van der Waals surface area contributed by atoms with E-state index >= 15 is 0 Å². The van der Waals surface area contributed by atoms with Crippen molar-refractivity contribution in [1.82, 2.24) is 0 Å². The summed E-state index contributed by atoms with van der Waals surface area (Å²) in [6, 6.07) is 17.6. The first kappa shape index (κ1) is 27.0. The maximum Gasteiger partial charge on any atom is 0.0629 e. The fourth-order valence-corrected chi connectivity index (χ4v) is 1.15. The third-order valence-corrected chi connectivity index (χ3v) is 1.86. The molecule has 0 saturated heterocycles. The van der Waals surface area contributed by atoms with E-state index in [1.54, 1.807) is 12.1 Å². The largest absolute Gasteiger partial charge is 0.256 e. The second-order valence-electron chi connectivity index (χ2n) is 2.93. The molecule has 0 spiro atoms. The van der Waals surface area contributed by atoms with Gasteiger partial charge in [-0.3, -0.25) is 4.99 Å². The van der Waals surface area contributed by atoms with Gasteiger partial charge in [0.1, 0.15) is 0 Å². The van der Waals surface area contributed by atoms with E-state index in [0.29, 0.717) is 6.04 Å². The molecule has 0 radical (unpaired) electrons. The molecule has 2 rings (SSSR count). The first-order valence-electron chi connectivity index (χ1n) is 10.0. The maximum absolute atomic E-state index is 7.34. The number of rotatable bonds is 2. The summed E-state index contributed by atoms with van der Waals surface area (Å²) in [5.74, 6) is 0. The molecule has 2 aromatic rings. The summed E-state index contributed by atoms with van der Waals surface area (Å²) in [5, 5.41) is 0. The molecule has 0 heterocycles. The molecule has 0 aliphatic rings. The van der Waals surface area contributed by atoms with Crippen molar-refractivity contribution >= 4 is 11.9 Å². The van der Waals surface area contributed by atoms with Crippen LogP contribution in [0.3, 0.4) is 0 Å². The first-order chi connectivity index (χ1) is 12.3. The molecule has 0 saturated carbocycles. The van der Waals surface area contributed by atoms with Crippen molar-refractivity contribution in [3.8, 4) is 0 Å². The number of benzene rings is 2. The second kappa shape index (κ2) is 32.9. The third-order valence-electron chi connectivity index (χ3n) is 1.86. The van der Waals surface area contributed by atoms with Crippen molar-refractivity contribution in [3.63, 3.8) is 0 Å². The van der Waals surface area contributed by atoms with Crippen LogP contribution in [0.4, 0.5) is 5.69 Å². The number of hydrogen-bond acceptors (Lipinski definition) is 1. The highest BCUT2D eigenvalue weighted by Gasteiger charge is 1.85. The van der Waals surface area contributed by atoms with Crippen LogP contribution in [0.25, 0.3) is 0 Å². The van der Waals surface area contributed by atoms with Crippen molar-refractivity contribution in [2.45, 2.75) is 69.2 Å². The summed E-state index contributed by atoms with van der Waals surface area (Å²) in [5.41, 5.74) is 1.95. The van der Waals surface area contributed by atoms with Crippen LogP contribution in [0.5, 0.6) is 0 Å². The average Bonchev–Trinajstić information content (AvgIpc) is 2.76. The summed E-state index contributed by atoms with van der Waals surface area (Å²) in [6.45, 7) is 20.0. The molecule has 2 aromatic carbocycles. The zero-order valence-electron chi connectivity index (χ0n) is 18.7. The molecule has 0 aromatic heterocycles. The van der Waals surface area contributed by atoms with Gasteiger partial charge < -0.3 is 0 Å². The molecular formula is C23H41N. The van der Waals surface area contributed by atoms with E-state index in [9.17, 15) is 0 Å². The van der Waals surface area contributed by atoms with Gasteiger partial charge >= 0.3 is 0 Å². The highest BCUT2D eigenvalue weighted by molar-refractivity contribution is 5.81. The predicted molar refractivity (Wildman–Crippen MR) is 117 cm³/mol. The maximum atomic E-state index is 7.34. The zero-order chi connectivity index (χ0) is 20.5. The molecule has 0 aliphatic carbocycles. The molecule has 0 N–H and O–H groups in total. The van der Waals surface area contributed by atoms with Crippen LogP contribution in [-0.4, -0.2) is 6.21 Å². The van der Waals surface area contributed by atoms with Gasteiger partial charge in [-0.1, -0.05) is 118 Å². The van der Waals surface area contributed by atoms with Gasteiger partial charge in [0.15, 0.2) is 0 Å². The highest BCUT2D eigenvalue weighted by atomic mass is 14.7. The molecule has 0 aliphatic heterocycles. The molecule has 1 heteroatoms. The molecule has 0 unspecified atom stereocenters. The molecule has 1 nitrogen and oxygen atoms in total. The van der Waals surface area contributed by atoms with E-state index in [1.165, 1.54) is 0 Å². The summed E-state index contributed by atoms with van der Waals surface area (Å²) in [6.07, 6.45) is 1.82. The van der Waals surface area contributed by atoms with E-state index in [1.807, 2.05) is 118 Å². The lowest BCUT2D eigenvalue weighted by atomic mass is 10.2. The Bertz CT molecular complexity index is 447. The Morgan fingerprint density at radius 3 is 1.46 bits per heavy atom. The molecular weight excluding hydrogens is 290 g/mol. The Labute approximate surface area is 154 Å². The van der Waals surface area contributed by atoms with Crippen LogP contribution >= 0.6 is 0 Å². The predicted octanol–water partition coefficient (Wildman–Crippen LogP) is 8.57. The van der Waals surface area contributed by atoms with E-state index in [-0.39, 0.29) is 0 Å². The number of aliphatic imine (C=N–C) groups is 1. The summed E-state index contributed by atoms with van der Waals surface area (Å²) < 4.78 is 7.34. The Kier molecular flexibility index (Phi) is 37.0. The lowest BCUT2D eigenvalue weighted by Gasteiger charge is -1.92. The highest BCUT2D eigenvalue weighted by Crippen LogP contribution is 2.09. The quantitative estimate of drug-likeness (QED) is 0.488. The minimum Gasteiger partial charge on any atom is -0.256 e. The fourth-order valence-electron chi connectivity index (χ4n) is 1.15. The van der Waals surface area contributed by atoms with Crippen LogP contribution in [0, 0.1) is 0 Å². The van der Waals surface area contributed by atoms with Crippen molar-refractivity contribution < 1.29 is 1.37 Å².